The third kappa shape index (κ3) is 2.55. The minimum atomic E-state index is -0.947. The molecular formula is C11H20N4O3. The summed E-state index contributed by atoms with van der Waals surface area (Å²) >= 11 is 0. The minimum Gasteiger partial charge on any atom is -0.409 e. The van der Waals surface area contributed by atoms with Crippen LogP contribution in [0.3, 0.4) is 0 Å². The summed E-state index contributed by atoms with van der Waals surface area (Å²) in [4.78, 5) is 25.0. The zero-order valence-electron chi connectivity index (χ0n) is 10.8. The van der Waals surface area contributed by atoms with E-state index < -0.39 is 5.41 Å². The third-order valence-electron chi connectivity index (χ3n) is 3.47. The molecule has 2 amide bonds. The Morgan fingerprint density at radius 3 is 2.44 bits per heavy atom. The Morgan fingerprint density at radius 2 is 2.00 bits per heavy atom. The zero-order valence-corrected chi connectivity index (χ0v) is 10.8. The molecule has 1 fully saturated rings. The Hall–Kier alpha value is -1.79. The second kappa shape index (κ2) is 5.70. The molecule has 18 heavy (non-hydrogen) atoms. The SMILES string of the molecule is CNC(=O)CN(C)C(=O)C1(/C(N)=N/O)CCCC1. The van der Waals surface area contributed by atoms with Gasteiger partial charge in [-0.25, -0.2) is 0 Å². The van der Waals surface area contributed by atoms with E-state index in [1.807, 2.05) is 0 Å². The summed E-state index contributed by atoms with van der Waals surface area (Å²) in [6.45, 7) is -0.0320. The number of carbonyl (C=O) groups excluding carboxylic acids is 2. The predicted molar refractivity (Wildman–Crippen MR) is 66.0 cm³/mol. The number of nitrogens with one attached hydrogen (secondary N) is 1. The van der Waals surface area contributed by atoms with Crippen LogP contribution in [0.4, 0.5) is 0 Å². The standard InChI is InChI=1S/C11H20N4O3/c1-13-8(16)7-15(2)10(17)11(9(12)14-18)5-3-4-6-11/h18H,3-7H2,1-2H3,(H2,12,14)(H,13,16). The first-order valence-corrected chi connectivity index (χ1v) is 5.92. The number of oxime groups is 1. The molecule has 0 aromatic heterocycles. The van der Waals surface area contributed by atoms with Gasteiger partial charge in [0.25, 0.3) is 0 Å². The number of nitrogens with two attached hydrogens (primary N) is 1. The average molecular weight is 256 g/mol. The van der Waals surface area contributed by atoms with Gasteiger partial charge in [0.15, 0.2) is 5.84 Å². The number of amidine groups is 1. The van der Waals surface area contributed by atoms with Gasteiger partial charge in [-0.3, -0.25) is 9.59 Å². The van der Waals surface area contributed by atoms with Crippen molar-refractivity contribution in [1.29, 1.82) is 0 Å². The minimum absolute atomic E-state index is 0.0320. The molecule has 7 heteroatoms. The van der Waals surface area contributed by atoms with Crippen molar-refractivity contribution in [1.82, 2.24) is 10.2 Å². The van der Waals surface area contributed by atoms with Gasteiger partial charge in [0.05, 0.1) is 6.54 Å². The van der Waals surface area contributed by atoms with Crippen molar-refractivity contribution < 1.29 is 14.8 Å². The average Bonchev–Trinajstić information content (AvgIpc) is 2.87. The molecule has 7 nitrogen and oxygen atoms in total. The summed E-state index contributed by atoms with van der Waals surface area (Å²) < 4.78 is 0. The van der Waals surface area contributed by atoms with Gasteiger partial charge in [-0.15, -0.1) is 0 Å². The molecule has 0 aliphatic heterocycles. The first-order chi connectivity index (χ1) is 8.47. The van der Waals surface area contributed by atoms with Crippen molar-refractivity contribution in [2.45, 2.75) is 25.7 Å². The van der Waals surface area contributed by atoms with Crippen molar-refractivity contribution in [2.75, 3.05) is 20.6 Å². The summed E-state index contributed by atoms with van der Waals surface area (Å²) in [5.41, 5.74) is 4.72. The lowest BCUT2D eigenvalue weighted by molar-refractivity contribution is -0.140. The second-order valence-corrected chi connectivity index (χ2v) is 4.61. The lowest BCUT2D eigenvalue weighted by atomic mass is 9.83. The predicted octanol–water partition coefficient (Wildman–Crippen LogP) is -0.502. The highest BCUT2D eigenvalue weighted by molar-refractivity contribution is 6.07. The molecule has 0 aromatic carbocycles. The molecule has 0 saturated heterocycles. The second-order valence-electron chi connectivity index (χ2n) is 4.61. The van der Waals surface area contributed by atoms with Crippen LogP contribution in [0.15, 0.2) is 5.16 Å². The largest absolute Gasteiger partial charge is 0.409 e. The van der Waals surface area contributed by atoms with Crippen molar-refractivity contribution in [3.05, 3.63) is 0 Å². The number of rotatable bonds is 4. The molecule has 0 radical (unpaired) electrons. The first kappa shape index (κ1) is 14.3. The third-order valence-corrected chi connectivity index (χ3v) is 3.47. The van der Waals surface area contributed by atoms with Gasteiger partial charge >= 0.3 is 0 Å². The van der Waals surface area contributed by atoms with E-state index in [-0.39, 0.29) is 24.2 Å². The van der Waals surface area contributed by atoms with Gasteiger partial charge in [-0.1, -0.05) is 18.0 Å². The molecular weight excluding hydrogens is 236 g/mol. The molecule has 0 unspecified atom stereocenters. The first-order valence-electron chi connectivity index (χ1n) is 5.92. The van der Waals surface area contributed by atoms with E-state index in [1.54, 1.807) is 7.05 Å². The van der Waals surface area contributed by atoms with Crippen LogP contribution in [0, 0.1) is 5.41 Å². The molecule has 0 spiro atoms. The number of nitrogens with zero attached hydrogens (tertiary/aromatic N) is 2. The number of carbonyl (C=O) groups is 2. The number of amides is 2. The van der Waals surface area contributed by atoms with Gasteiger partial charge in [0.2, 0.25) is 11.8 Å². The fourth-order valence-electron chi connectivity index (χ4n) is 2.39. The van der Waals surface area contributed by atoms with Gasteiger partial charge in [-0.05, 0) is 12.8 Å². The number of hydrogen-bond donors (Lipinski definition) is 3. The number of likely N-dealkylation sites (N-methyl/N-ethyl adjacent to an activating group) is 2. The normalized spacial score (nSPS) is 18.4. The maximum atomic E-state index is 12.4. The molecule has 0 heterocycles. The van der Waals surface area contributed by atoms with E-state index in [4.69, 9.17) is 10.9 Å². The molecule has 1 saturated carbocycles. The van der Waals surface area contributed by atoms with E-state index in [0.717, 1.165) is 12.8 Å². The summed E-state index contributed by atoms with van der Waals surface area (Å²) in [6.07, 6.45) is 2.82. The fraction of sp³-hybridized carbons (Fsp3) is 0.727. The zero-order chi connectivity index (χ0) is 13.8. The quantitative estimate of drug-likeness (QED) is 0.272. The molecule has 0 aromatic rings. The lowest BCUT2D eigenvalue weighted by Crippen LogP contribution is -2.50. The molecule has 0 bridgehead atoms. The van der Waals surface area contributed by atoms with Gasteiger partial charge < -0.3 is 21.2 Å². The number of hydrogen-bond acceptors (Lipinski definition) is 4. The molecule has 102 valence electrons. The van der Waals surface area contributed by atoms with Gasteiger partial charge in [0.1, 0.15) is 5.41 Å². The Balaban J connectivity index is 2.87. The van der Waals surface area contributed by atoms with Crippen LogP contribution in [-0.4, -0.2) is 48.4 Å². The van der Waals surface area contributed by atoms with Crippen LogP contribution in [0.25, 0.3) is 0 Å². The highest BCUT2D eigenvalue weighted by Crippen LogP contribution is 2.39. The van der Waals surface area contributed by atoms with Crippen LogP contribution in [0.5, 0.6) is 0 Å². The highest BCUT2D eigenvalue weighted by atomic mass is 16.4. The maximum Gasteiger partial charge on any atom is 0.239 e. The summed E-state index contributed by atoms with van der Waals surface area (Å²) in [6, 6.07) is 0. The van der Waals surface area contributed by atoms with E-state index in [9.17, 15) is 9.59 Å². The van der Waals surface area contributed by atoms with E-state index in [0.29, 0.717) is 12.8 Å². The molecule has 0 atom stereocenters. The topological polar surface area (TPSA) is 108 Å². The van der Waals surface area contributed by atoms with Gasteiger partial charge in [0, 0.05) is 14.1 Å². The Morgan fingerprint density at radius 1 is 1.44 bits per heavy atom. The van der Waals surface area contributed by atoms with E-state index in [2.05, 4.69) is 10.5 Å². The van der Waals surface area contributed by atoms with Gasteiger partial charge in [-0.2, -0.15) is 0 Å². The van der Waals surface area contributed by atoms with Crippen molar-refractivity contribution in [3.8, 4) is 0 Å². The highest BCUT2D eigenvalue weighted by Gasteiger charge is 2.47. The molecule has 1 aliphatic carbocycles. The fourth-order valence-corrected chi connectivity index (χ4v) is 2.39. The molecule has 1 aliphatic rings. The Bertz CT molecular complexity index is 361. The van der Waals surface area contributed by atoms with E-state index >= 15 is 0 Å². The Labute approximate surface area is 106 Å². The summed E-state index contributed by atoms with van der Waals surface area (Å²) in [5.74, 6) is -0.578. The van der Waals surface area contributed by atoms with Crippen LogP contribution >= 0.6 is 0 Å². The molecule has 4 N–H and O–H groups in total. The van der Waals surface area contributed by atoms with Crippen molar-refractivity contribution >= 4 is 17.6 Å². The summed E-state index contributed by atoms with van der Waals surface area (Å²) in [5, 5.41) is 14.3. The summed E-state index contributed by atoms with van der Waals surface area (Å²) in [7, 11) is 3.05. The Kier molecular flexibility index (Phi) is 4.52. The van der Waals surface area contributed by atoms with Crippen molar-refractivity contribution in [3.63, 3.8) is 0 Å². The van der Waals surface area contributed by atoms with E-state index in [1.165, 1.54) is 11.9 Å². The molecule has 1 rings (SSSR count). The monoisotopic (exact) mass is 256 g/mol. The smallest absolute Gasteiger partial charge is 0.239 e. The van der Waals surface area contributed by atoms with Crippen LogP contribution < -0.4 is 11.1 Å². The van der Waals surface area contributed by atoms with Crippen LogP contribution in [-0.2, 0) is 9.59 Å². The van der Waals surface area contributed by atoms with Crippen LogP contribution in [0.2, 0.25) is 0 Å². The lowest BCUT2D eigenvalue weighted by Gasteiger charge is -2.30. The van der Waals surface area contributed by atoms with Crippen molar-refractivity contribution in [2.24, 2.45) is 16.3 Å². The van der Waals surface area contributed by atoms with Crippen LogP contribution in [0.1, 0.15) is 25.7 Å². The maximum absolute atomic E-state index is 12.4.